The second-order valence-electron chi connectivity index (χ2n) is 5.50. The molecule has 2 rings (SSSR count). The summed E-state index contributed by atoms with van der Waals surface area (Å²) in [5.41, 5.74) is 2.84. The number of hydrogen-bond donors (Lipinski definition) is 3. The molecule has 0 aliphatic heterocycles. The van der Waals surface area contributed by atoms with E-state index in [1.807, 2.05) is 55.6 Å². The maximum absolute atomic E-state index is 11.9. The Morgan fingerprint density at radius 2 is 1.71 bits per heavy atom. The molecule has 0 aliphatic rings. The number of methoxy groups -OCH3 is 1. The third kappa shape index (κ3) is 5.59. The van der Waals surface area contributed by atoms with Crippen LogP contribution in [0.4, 0.5) is 10.5 Å². The van der Waals surface area contributed by atoms with Gasteiger partial charge in [-0.05, 0) is 61.8 Å². The van der Waals surface area contributed by atoms with Crippen LogP contribution in [-0.2, 0) is 0 Å². The van der Waals surface area contributed by atoms with Gasteiger partial charge < -0.3 is 20.7 Å². The quantitative estimate of drug-likeness (QED) is 0.651. The van der Waals surface area contributed by atoms with Crippen LogP contribution >= 0.6 is 0 Å². The number of anilines is 1. The van der Waals surface area contributed by atoms with Crippen LogP contribution in [0.3, 0.4) is 0 Å². The molecule has 0 heterocycles. The smallest absolute Gasteiger partial charge is 0.319 e. The van der Waals surface area contributed by atoms with Crippen LogP contribution in [0.2, 0.25) is 0 Å². The van der Waals surface area contributed by atoms with E-state index in [1.165, 1.54) is 0 Å². The molecule has 0 saturated heterocycles. The largest absolute Gasteiger partial charge is 0.497 e. The van der Waals surface area contributed by atoms with E-state index in [1.54, 1.807) is 7.11 Å². The first-order valence-electron chi connectivity index (χ1n) is 8.17. The zero-order valence-corrected chi connectivity index (χ0v) is 14.3. The number of carbonyl (C=O) groups excluding carboxylic acids is 1. The molecule has 5 nitrogen and oxygen atoms in total. The highest BCUT2D eigenvalue weighted by Crippen LogP contribution is 2.25. The Balaban J connectivity index is 1.93. The summed E-state index contributed by atoms with van der Waals surface area (Å²) in [6, 6.07) is 15.4. The van der Waals surface area contributed by atoms with E-state index < -0.39 is 0 Å². The molecule has 0 aromatic heterocycles. The molecule has 128 valence electrons. The fourth-order valence-electron chi connectivity index (χ4n) is 2.38. The zero-order chi connectivity index (χ0) is 17.2. The Hall–Kier alpha value is -2.53. The molecular weight excluding hydrogens is 302 g/mol. The lowest BCUT2D eigenvalue weighted by molar-refractivity contribution is 0.252. The minimum atomic E-state index is -0.178. The minimum Gasteiger partial charge on any atom is -0.497 e. The number of hydrogen-bond acceptors (Lipinski definition) is 3. The standard InChI is InChI=1S/C19H25N3O2/c1-20-11-3-4-12-21-19(23)22-17-9-5-7-15(13-17)16-8-6-10-18(14-16)24-2/h5-10,13-14,20H,3-4,11-12H2,1-2H3,(H2,21,22,23). The van der Waals surface area contributed by atoms with Crippen LogP contribution in [0.15, 0.2) is 48.5 Å². The Morgan fingerprint density at radius 1 is 1.00 bits per heavy atom. The number of unbranched alkanes of at least 4 members (excludes halogenated alkanes) is 1. The molecule has 2 aromatic rings. The second-order valence-corrected chi connectivity index (χ2v) is 5.50. The van der Waals surface area contributed by atoms with E-state index in [0.717, 1.165) is 42.0 Å². The highest BCUT2D eigenvalue weighted by Gasteiger charge is 2.04. The summed E-state index contributed by atoms with van der Waals surface area (Å²) in [5.74, 6) is 0.810. The summed E-state index contributed by atoms with van der Waals surface area (Å²) in [4.78, 5) is 11.9. The molecule has 0 saturated carbocycles. The van der Waals surface area contributed by atoms with Gasteiger partial charge in [0.05, 0.1) is 7.11 Å². The van der Waals surface area contributed by atoms with E-state index >= 15 is 0 Å². The molecule has 0 radical (unpaired) electrons. The predicted octanol–water partition coefficient (Wildman–Crippen LogP) is 3.48. The lowest BCUT2D eigenvalue weighted by atomic mass is 10.0. The van der Waals surface area contributed by atoms with E-state index in [0.29, 0.717) is 6.54 Å². The van der Waals surface area contributed by atoms with Gasteiger partial charge in [0, 0.05) is 12.2 Å². The monoisotopic (exact) mass is 327 g/mol. The molecule has 0 aliphatic carbocycles. The first-order chi connectivity index (χ1) is 11.7. The zero-order valence-electron chi connectivity index (χ0n) is 14.3. The van der Waals surface area contributed by atoms with Crippen molar-refractivity contribution in [3.05, 3.63) is 48.5 Å². The van der Waals surface area contributed by atoms with Crippen molar-refractivity contribution in [1.29, 1.82) is 0 Å². The normalized spacial score (nSPS) is 10.2. The predicted molar refractivity (Wildman–Crippen MR) is 98.6 cm³/mol. The van der Waals surface area contributed by atoms with Crippen molar-refractivity contribution >= 4 is 11.7 Å². The Kier molecular flexibility index (Phi) is 7.11. The molecular formula is C19H25N3O2. The van der Waals surface area contributed by atoms with Gasteiger partial charge in [0.25, 0.3) is 0 Å². The maximum Gasteiger partial charge on any atom is 0.319 e. The van der Waals surface area contributed by atoms with E-state index in [4.69, 9.17) is 4.74 Å². The number of amides is 2. The Bertz CT molecular complexity index is 659. The second kappa shape index (κ2) is 9.57. The SMILES string of the molecule is CNCCCCNC(=O)Nc1cccc(-c2cccc(OC)c2)c1. The van der Waals surface area contributed by atoms with Crippen LogP contribution in [0.1, 0.15) is 12.8 Å². The first kappa shape index (κ1) is 17.8. The van der Waals surface area contributed by atoms with Gasteiger partial charge in [-0.1, -0.05) is 24.3 Å². The average molecular weight is 327 g/mol. The molecule has 3 N–H and O–H groups in total. The van der Waals surface area contributed by atoms with Crippen molar-refractivity contribution in [3.63, 3.8) is 0 Å². The average Bonchev–Trinajstić information content (AvgIpc) is 2.62. The van der Waals surface area contributed by atoms with Crippen LogP contribution in [-0.4, -0.2) is 33.3 Å². The van der Waals surface area contributed by atoms with Gasteiger partial charge in [-0.3, -0.25) is 0 Å². The van der Waals surface area contributed by atoms with Crippen molar-refractivity contribution in [2.45, 2.75) is 12.8 Å². The van der Waals surface area contributed by atoms with Crippen molar-refractivity contribution in [1.82, 2.24) is 10.6 Å². The van der Waals surface area contributed by atoms with Gasteiger partial charge in [0.1, 0.15) is 5.75 Å². The van der Waals surface area contributed by atoms with E-state index in [2.05, 4.69) is 16.0 Å². The third-order valence-corrected chi connectivity index (χ3v) is 3.66. The summed E-state index contributed by atoms with van der Waals surface area (Å²) >= 11 is 0. The highest BCUT2D eigenvalue weighted by atomic mass is 16.5. The third-order valence-electron chi connectivity index (χ3n) is 3.66. The number of urea groups is 1. The van der Waals surface area contributed by atoms with Crippen LogP contribution < -0.4 is 20.7 Å². The number of rotatable bonds is 8. The number of carbonyl (C=O) groups is 1. The molecule has 24 heavy (non-hydrogen) atoms. The van der Waals surface area contributed by atoms with Crippen molar-refractivity contribution in [2.24, 2.45) is 0 Å². The van der Waals surface area contributed by atoms with Crippen LogP contribution in [0.5, 0.6) is 5.75 Å². The highest BCUT2D eigenvalue weighted by molar-refractivity contribution is 5.90. The van der Waals surface area contributed by atoms with Crippen molar-refractivity contribution < 1.29 is 9.53 Å². The lowest BCUT2D eigenvalue weighted by Gasteiger charge is -2.10. The fraction of sp³-hybridized carbons (Fsp3) is 0.316. The van der Waals surface area contributed by atoms with Crippen LogP contribution in [0.25, 0.3) is 11.1 Å². The molecule has 2 amide bonds. The molecule has 2 aromatic carbocycles. The molecule has 0 unspecified atom stereocenters. The van der Waals surface area contributed by atoms with E-state index in [9.17, 15) is 4.79 Å². The van der Waals surface area contributed by atoms with Gasteiger partial charge in [-0.2, -0.15) is 0 Å². The molecule has 0 fully saturated rings. The molecule has 0 atom stereocenters. The minimum absolute atomic E-state index is 0.178. The number of nitrogens with one attached hydrogen (secondary N) is 3. The van der Waals surface area contributed by atoms with Gasteiger partial charge in [0.15, 0.2) is 0 Å². The number of ether oxygens (including phenoxy) is 1. The molecule has 0 spiro atoms. The topological polar surface area (TPSA) is 62.4 Å². The van der Waals surface area contributed by atoms with Gasteiger partial charge >= 0.3 is 6.03 Å². The molecule has 5 heteroatoms. The summed E-state index contributed by atoms with van der Waals surface area (Å²) in [6.07, 6.45) is 2.00. The Labute approximate surface area is 143 Å². The van der Waals surface area contributed by atoms with Crippen LogP contribution in [0, 0.1) is 0 Å². The van der Waals surface area contributed by atoms with Crippen molar-refractivity contribution in [3.8, 4) is 16.9 Å². The first-order valence-corrected chi connectivity index (χ1v) is 8.17. The summed E-state index contributed by atoms with van der Waals surface area (Å²) in [7, 11) is 3.58. The summed E-state index contributed by atoms with van der Waals surface area (Å²) in [6.45, 7) is 1.63. The lowest BCUT2D eigenvalue weighted by Crippen LogP contribution is -2.29. The van der Waals surface area contributed by atoms with Gasteiger partial charge in [-0.15, -0.1) is 0 Å². The summed E-state index contributed by atoms with van der Waals surface area (Å²) < 4.78 is 5.26. The van der Waals surface area contributed by atoms with Gasteiger partial charge in [-0.25, -0.2) is 4.79 Å². The maximum atomic E-state index is 11.9. The fourth-order valence-corrected chi connectivity index (χ4v) is 2.38. The van der Waals surface area contributed by atoms with Gasteiger partial charge in [0.2, 0.25) is 0 Å². The number of benzene rings is 2. The summed E-state index contributed by atoms with van der Waals surface area (Å²) in [5, 5.41) is 8.83. The van der Waals surface area contributed by atoms with Crippen molar-refractivity contribution in [2.75, 3.05) is 32.6 Å². The Morgan fingerprint density at radius 3 is 2.46 bits per heavy atom. The van der Waals surface area contributed by atoms with E-state index in [-0.39, 0.29) is 6.03 Å². The molecule has 0 bridgehead atoms.